The monoisotopic (exact) mass is 563 g/mol. The van der Waals surface area contributed by atoms with Crippen molar-refractivity contribution in [2.45, 2.75) is 21.8 Å². The first kappa shape index (κ1) is 15.5. The Hall–Kier alpha value is 2.07. The van der Waals surface area contributed by atoms with Crippen molar-refractivity contribution < 1.29 is 21.1 Å². The SMILES string of the molecule is CC(C)(CCN)C(N)(I)I.[Pt+2]. The largest absolute Gasteiger partial charge is 2.00 e. The van der Waals surface area contributed by atoms with Crippen LogP contribution in [0.2, 0.25) is 0 Å². The number of nitrogens with two attached hydrogens (primary N) is 2. The van der Waals surface area contributed by atoms with Crippen LogP contribution in [0, 0.1) is 5.41 Å². The number of alkyl halides is 2. The van der Waals surface area contributed by atoms with E-state index in [-0.39, 0.29) is 28.0 Å². The van der Waals surface area contributed by atoms with E-state index < -0.39 is 0 Å². The summed E-state index contributed by atoms with van der Waals surface area (Å²) in [5, 5.41) is 0. The van der Waals surface area contributed by atoms with Crippen molar-refractivity contribution >= 4 is 45.2 Å². The summed E-state index contributed by atoms with van der Waals surface area (Å²) in [5.74, 6) is 0. The zero-order valence-electron chi connectivity index (χ0n) is 6.64. The standard InChI is InChI=1S/C6H14I2N2.Pt/c1-5(2,3-4-9)6(7,8)10;/h3-4,9-10H2,1-2H3;/q;+2. The van der Waals surface area contributed by atoms with Crippen molar-refractivity contribution in [3.05, 3.63) is 0 Å². The minimum atomic E-state index is -0.193. The van der Waals surface area contributed by atoms with Gasteiger partial charge in [-0.1, -0.05) is 13.8 Å². The van der Waals surface area contributed by atoms with Crippen molar-refractivity contribution in [2.75, 3.05) is 6.54 Å². The summed E-state index contributed by atoms with van der Waals surface area (Å²) >= 11 is 4.50. The first-order valence-corrected chi connectivity index (χ1v) is 5.34. The molecule has 0 aliphatic rings. The topological polar surface area (TPSA) is 52.0 Å². The maximum atomic E-state index is 5.92. The van der Waals surface area contributed by atoms with E-state index in [1.165, 1.54) is 0 Å². The van der Waals surface area contributed by atoms with Gasteiger partial charge in [0.05, 0.1) is 0 Å². The molecule has 0 aliphatic carbocycles. The van der Waals surface area contributed by atoms with Gasteiger partial charge in [-0.3, -0.25) is 0 Å². The Kier molecular flexibility index (Phi) is 8.09. The first-order valence-electron chi connectivity index (χ1n) is 3.18. The van der Waals surface area contributed by atoms with Gasteiger partial charge in [0.1, 0.15) is 1.55 Å². The average molecular weight is 563 g/mol. The number of hydrogen-bond acceptors (Lipinski definition) is 2. The van der Waals surface area contributed by atoms with Crippen LogP contribution >= 0.6 is 45.2 Å². The molecule has 0 unspecified atom stereocenters. The molecule has 0 aromatic heterocycles. The van der Waals surface area contributed by atoms with Crippen LogP contribution in [0.5, 0.6) is 0 Å². The Balaban J connectivity index is 0. The van der Waals surface area contributed by atoms with E-state index in [1.807, 2.05) is 0 Å². The van der Waals surface area contributed by atoms with Crippen LogP contribution in [-0.4, -0.2) is 8.10 Å². The van der Waals surface area contributed by atoms with Crippen LogP contribution < -0.4 is 11.5 Å². The van der Waals surface area contributed by atoms with Crippen molar-refractivity contribution in [3.8, 4) is 0 Å². The molecule has 0 amide bonds. The minimum absolute atomic E-state index is 0. The smallest absolute Gasteiger partial charge is 0.330 e. The molecule has 0 radical (unpaired) electrons. The van der Waals surface area contributed by atoms with Crippen LogP contribution in [0.3, 0.4) is 0 Å². The van der Waals surface area contributed by atoms with Gasteiger partial charge in [-0.15, -0.1) is 0 Å². The molecule has 0 heterocycles. The van der Waals surface area contributed by atoms with E-state index in [1.54, 1.807) is 0 Å². The molecule has 0 saturated carbocycles. The molecule has 0 aliphatic heterocycles. The first-order chi connectivity index (χ1) is 4.31. The summed E-state index contributed by atoms with van der Waals surface area (Å²) < 4.78 is -0.193. The fourth-order valence-corrected chi connectivity index (χ4v) is 1.07. The third kappa shape index (κ3) is 5.39. The molecule has 2 nitrogen and oxygen atoms in total. The van der Waals surface area contributed by atoms with Crippen LogP contribution in [0.15, 0.2) is 0 Å². The van der Waals surface area contributed by atoms with Gasteiger partial charge in [-0.05, 0) is 58.1 Å². The molecule has 0 atom stereocenters. The van der Waals surface area contributed by atoms with Crippen LogP contribution in [0.25, 0.3) is 0 Å². The van der Waals surface area contributed by atoms with E-state index in [2.05, 4.69) is 59.0 Å². The Morgan fingerprint density at radius 1 is 1.27 bits per heavy atom. The number of hydrogen-bond donors (Lipinski definition) is 2. The van der Waals surface area contributed by atoms with Gasteiger partial charge in [0.2, 0.25) is 0 Å². The summed E-state index contributed by atoms with van der Waals surface area (Å²) in [6, 6.07) is 0. The summed E-state index contributed by atoms with van der Waals surface area (Å²) in [6.45, 7) is 4.98. The fraction of sp³-hybridized carbons (Fsp3) is 1.00. The zero-order chi connectivity index (χ0) is 8.41. The normalized spacial score (nSPS) is 12.5. The molecule has 0 saturated heterocycles. The van der Waals surface area contributed by atoms with Crippen molar-refractivity contribution in [1.29, 1.82) is 0 Å². The van der Waals surface area contributed by atoms with Crippen molar-refractivity contribution in [3.63, 3.8) is 0 Å². The molecular weight excluding hydrogens is 549 g/mol. The fourth-order valence-electron chi connectivity index (χ4n) is 0.528. The molecule has 0 rings (SSSR count). The van der Waals surface area contributed by atoms with E-state index in [0.29, 0.717) is 6.54 Å². The second-order valence-corrected chi connectivity index (χ2v) is 8.51. The average Bonchev–Trinajstić information content (AvgIpc) is 1.61. The van der Waals surface area contributed by atoms with E-state index in [0.717, 1.165) is 6.42 Å². The van der Waals surface area contributed by atoms with Gasteiger partial charge >= 0.3 is 21.1 Å². The predicted octanol–water partition coefficient (Wildman–Crippen LogP) is 1.84. The maximum Gasteiger partial charge on any atom is 2.00 e. The molecule has 0 aromatic carbocycles. The minimum Gasteiger partial charge on any atom is -0.330 e. The molecule has 0 fully saturated rings. The Morgan fingerprint density at radius 3 is 1.73 bits per heavy atom. The molecule has 70 valence electrons. The number of rotatable bonds is 3. The van der Waals surface area contributed by atoms with Crippen LogP contribution in [0.4, 0.5) is 0 Å². The third-order valence-electron chi connectivity index (χ3n) is 1.67. The quantitative estimate of drug-likeness (QED) is 0.313. The molecule has 0 bridgehead atoms. The van der Waals surface area contributed by atoms with Crippen LogP contribution in [0.1, 0.15) is 20.3 Å². The second-order valence-electron chi connectivity index (χ2n) is 3.05. The van der Waals surface area contributed by atoms with E-state index in [9.17, 15) is 0 Å². The van der Waals surface area contributed by atoms with Gasteiger partial charge in [-0.25, -0.2) is 0 Å². The van der Waals surface area contributed by atoms with Gasteiger partial charge < -0.3 is 11.5 Å². The molecule has 0 spiro atoms. The molecular formula is C6H14I2N2Pt+2. The predicted molar refractivity (Wildman–Crippen MR) is 62.4 cm³/mol. The second kappa shape index (κ2) is 5.73. The summed E-state index contributed by atoms with van der Waals surface area (Å²) in [6.07, 6.45) is 0.968. The van der Waals surface area contributed by atoms with Crippen molar-refractivity contribution in [2.24, 2.45) is 16.9 Å². The van der Waals surface area contributed by atoms with Crippen molar-refractivity contribution in [1.82, 2.24) is 0 Å². The Bertz CT molecular complexity index is 112. The molecule has 11 heavy (non-hydrogen) atoms. The third-order valence-corrected chi connectivity index (χ3v) is 4.59. The summed E-state index contributed by atoms with van der Waals surface area (Å²) in [7, 11) is 0. The van der Waals surface area contributed by atoms with E-state index >= 15 is 0 Å². The zero-order valence-corrected chi connectivity index (χ0v) is 13.2. The molecule has 5 heteroatoms. The van der Waals surface area contributed by atoms with Crippen LogP contribution in [-0.2, 0) is 21.1 Å². The Labute approximate surface area is 110 Å². The summed E-state index contributed by atoms with van der Waals surface area (Å²) in [5.41, 5.74) is 11.5. The van der Waals surface area contributed by atoms with Gasteiger partial charge in [-0.2, -0.15) is 0 Å². The van der Waals surface area contributed by atoms with Gasteiger partial charge in [0.25, 0.3) is 0 Å². The molecule has 4 N–H and O–H groups in total. The molecule has 0 aromatic rings. The van der Waals surface area contributed by atoms with E-state index in [4.69, 9.17) is 11.5 Å². The number of halogens is 2. The Morgan fingerprint density at radius 2 is 1.64 bits per heavy atom. The van der Waals surface area contributed by atoms with Gasteiger partial charge in [0.15, 0.2) is 0 Å². The van der Waals surface area contributed by atoms with Gasteiger partial charge in [0, 0.05) is 5.41 Å². The summed E-state index contributed by atoms with van der Waals surface area (Å²) in [4.78, 5) is 0. The maximum absolute atomic E-state index is 5.92.